The molecule has 0 aromatic carbocycles. The van der Waals surface area contributed by atoms with E-state index in [0.29, 0.717) is 0 Å². The van der Waals surface area contributed by atoms with Gasteiger partial charge in [-0.05, 0) is 25.7 Å². The SMILES string of the molecule is NNC(C1=CCCCCC1)c1cnn2ccncc12. The van der Waals surface area contributed by atoms with Crippen molar-refractivity contribution >= 4 is 5.52 Å². The molecule has 2 aromatic heterocycles. The van der Waals surface area contributed by atoms with Crippen molar-refractivity contribution in [1.82, 2.24) is 20.0 Å². The molecule has 5 nitrogen and oxygen atoms in total. The fraction of sp³-hybridized carbons (Fsp3) is 0.429. The highest BCUT2D eigenvalue weighted by atomic mass is 15.3. The molecule has 0 bridgehead atoms. The zero-order chi connectivity index (χ0) is 13.1. The lowest BCUT2D eigenvalue weighted by atomic mass is 9.97. The van der Waals surface area contributed by atoms with Crippen molar-refractivity contribution in [1.29, 1.82) is 0 Å². The summed E-state index contributed by atoms with van der Waals surface area (Å²) in [7, 11) is 0. The lowest BCUT2D eigenvalue weighted by Gasteiger charge is -2.18. The Morgan fingerprint density at radius 1 is 1.26 bits per heavy atom. The van der Waals surface area contributed by atoms with E-state index in [1.54, 1.807) is 6.20 Å². The molecule has 0 spiro atoms. The Balaban J connectivity index is 1.99. The molecule has 0 saturated heterocycles. The predicted molar refractivity (Wildman–Crippen MR) is 74.2 cm³/mol. The summed E-state index contributed by atoms with van der Waals surface area (Å²) in [5.74, 6) is 5.79. The molecular formula is C14H19N5. The lowest BCUT2D eigenvalue weighted by Crippen LogP contribution is -2.29. The Hall–Kier alpha value is -1.72. The van der Waals surface area contributed by atoms with Gasteiger partial charge in [0.2, 0.25) is 0 Å². The number of nitrogens with one attached hydrogen (secondary N) is 1. The van der Waals surface area contributed by atoms with Crippen LogP contribution < -0.4 is 11.3 Å². The molecule has 0 fully saturated rings. The molecule has 1 aliphatic carbocycles. The van der Waals surface area contributed by atoms with Crippen LogP contribution >= 0.6 is 0 Å². The van der Waals surface area contributed by atoms with Crippen molar-refractivity contribution in [2.45, 2.75) is 38.1 Å². The third kappa shape index (κ3) is 2.39. The highest BCUT2D eigenvalue weighted by Crippen LogP contribution is 2.30. The molecule has 0 aliphatic heterocycles. The summed E-state index contributed by atoms with van der Waals surface area (Å²) >= 11 is 0. The van der Waals surface area contributed by atoms with Crippen LogP contribution in [0.15, 0.2) is 36.4 Å². The number of hydrogen-bond donors (Lipinski definition) is 2. The molecule has 19 heavy (non-hydrogen) atoms. The first kappa shape index (κ1) is 12.3. The van der Waals surface area contributed by atoms with Crippen molar-refractivity contribution in [2.24, 2.45) is 5.84 Å². The smallest absolute Gasteiger partial charge is 0.0896 e. The molecule has 2 aromatic rings. The fourth-order valence-corrected chi connectivity index (χ4v) is 2.77. The van der Waals surface area contributed by atoms with Gasteiger partial charge >= 0.3 is 0 Å². The summed E-state index contributed by atoms with van der Waals surface area (Å²) in [6.07, 6.45) is 15.7. The first-order chi connectivity index (χ1) is 9.40. The lowest BCUT2D eigenvalue weighted by molar-refractivity contribution is 0.596. The fourth-order valence-electron chi connectivity index (χ4n) is 2.77. The van der Waals surface area contributed by atoms with E-state index in [-0.39, 0.29) is 6.04 Å². The number of fused-ring (bicyclic) bond motifs is 1. The van der Waals surface area contributed by atoms with E-state index in [2.05, 4.69) is 21.6 Å². The highest BCUT2D eigenvalue weighted by Gasteiger charge is 2.20. The van der Waals surface area contributed by atoms with E-state index in [4.69, 9.17) is 5.84 Å². The topological polar surface area (TPSA) is 68.2 Å². The zero-order valence-corrected chi connectivity index (χ0v) is 10.9. The molecule has 1 unspecified atom stereocenters. The standard InChI is InChI=1S/C14H19N5/c15-18-14(11-5-3-1-2-4-6-11)12-9-17-19-8-7-16-10-13(12)19/h5,7-10,14,18H,1-4,6,15H2. The van der Waals surface area contributed by atoms with E-state index < -0.39 is 0 Å². The number of aromatic nitrogens is 3. The van der Waals surface area contributed by atoms with Gasteiger partial charge in [0.25, 0.3) is 0 Å². The van der Waals surface area contributed by atoms with Crippen LogP contribution in [0.2, 0.25) is 0 Å². The second-order valence-corrected chi connectivity index (χ2v) is 4.98. The number of allylic oxidation sites excluding steroid dienone is 1. The van der Waals surface area contributed by atoms with Gasteiger partial charge in [-0.15, -0.1) is 0 Å². The monoisotopic (exact) mass is 257 g/mol. The van der Waals surface area contributed by atoms with Gasteiger partial charge in [0.15, 0.2) is 0 Å². The van der Waals surface area contributed by atoms with E-state index >= 15 is 0 Å². The van der Waals surface area contributed by atoms with Crippen molar-refractivity contribution in [2.75, 3.05) is 0 Å². The maximum atomic E-state index is 5.79. The zero-order valence-electron chi connectivity index (χ0n) is 10.9. The summed E-state index contributed by atoms with van der Waals surface area (Å²) in [5, 5.41) is 4.36. The number of hydrogen-bond acceptors (Lipinski definition) is 4. The quantitative estimate of drug-likeness (QED) is 0.502. The van der Waals surface area contributed by atoms with Gasteiger partial charge in [-0.1, -0.05) is 18.1 Å². The number of hydrazine groups is 1. The third-order valence-electron chi connectivity index (χ3n) is 3.78. The Bertz CT molecular complexity index is 586. The van der Waals surface area contributed by atoms with E-state index in [0.717, 1.165) is 23.9 Å². The molecular weight excluding hydrogens is 238 g/mol. The van der Waals surface area contributed by atoms with Crippen molar-refractivity contribution < 1.29 is 0 Å². The number of rotatable bonds is 3. The van der Waals surface area contributed by atoms with Crippen LogP contribution in [0.3, 0.4) is 0 Å². The molecule has 5 heteroatoms. The van der Waals surface area contributed by atoms with Gasteiger partial charge in [0.1, 0.15) is 0 Å². The normalized spacial score (nSPS) is 18.1. The summed E-state index contributed by atoms with van der Waals surface area (Å²) in [6, 6.07) is 0.0415. The molecule has 0 saturated carbocycles. The van der Waals surface area contributed by atoms with Crippen molar-refractivity contribution in [3.05, 3.63) is 42.0 Å². The summed E-state index contributed by atoms with van der Waals surface area (Å²) < 4.78 is 1.84. The average Bonchev–Trinajstić information content (AvgIpc) is 2.69. The largest absolute Gasteiger partial charge is 0.271 e. The van der Waals surface area contributed by atoms with Crippen LogP contribution in [-0.2, 0) is 0 Å². The average molecular weight is 257 g/mol. The van der Waals surface area contributed by atoms with Crippen LogP contribution in [0.4, 0.5) is 0 Å². The Morgan fingerprint density at radius 3 is 3.11 bits per heavy atom. The maximum Gasteiger partial charge on any atom is 0.0896 e. The van der Waals surface area contributed by atoms with Gasteiger partial charge in [0, 0.05) is 18.0 Å². The Labute approximate surface area is 112 Å². The third-order valence-corrected chi connectivity index (χ3v) is 3.78. The van der Waals surface area contributed by atoms with Crippen molar-refractivity contribution in [3.8, 4) is 0 Å². The van der Waals surface area contributed by atoms with E-state index in [9.17, 15) is 0 Å². The Morgan fingerprint density at radius 2 is 2.21 bits per heavy atom. The molecule has 100 valence electrons. The van der Waals surface area contributed by atoms with E-state index in [1.165, 1.54) is 24.8 Å². The predicted octanol–water partition coefficient (Wildman–Crippen LogP) is 2.12. The van der Waals surface area contributed by atoms with E-state index in [1.807, 2.05) is 23.1 Å². The highest BCUT2D eigenvalue weighted by molar-refractivity contribution is 5.55. The van der Waals surface area contributed by atoms with Gasteiger partial charge in [-0.25, -0.2) is 9.94 Å². The molecule has 2 heterocycles. The van der Waals surface area contributed by atoms with Crippen LogP contribution in [-0.4, -0.2) is 14.6 Å². The minimum atomic E-state index is 0.0415. The molecule has 1 atom stereocenters. The van der Waals surface area contributed by atoms with Gasteiger partial charge < -0.3 is 0 Å². The van der Waals surface area contributed by atoms with Gasteiger partial charge in [0.05, 0.1) is 24.0 Å². The minimum Gasteiger partial charge on any atom is -0.271 e. The van der Waals surface area contributed by atoms with Crippen molar-refractivity contribution in [3.63, 3.8) is 0 Å². The van der Waals surface area contributed by atoms with Crippen LogP contribution in [0.25, 0.3) is 5.52 Å². The van der Waals surface area contributed by atoms with Gasteiger partial charge in [-0.3, -0.25) is 10.8 Å². The summed E-state index contributed by atoms with van der Waals surface area (Å²) in [6.45, 7) is 0. The van der Waals surface area contributed by atoms with Crippen LogP contribution in [0.1, 0.15) is 43.7 Å². The molecule has 1 aliphatic rings. The second-order valence-electron chi connectivity index (χ2n) is 4.98. The summed E-state index contributed by atoms with van der Waals surface area (Å²) in [4.78, 5) is 4.18. The minimum absolute atomic E-state index is 0.0415. The molecule has 3 rings (SSSR count). The van der Waals surface area contributed by atoms with Gasteiger partial charge in [-0.2, -0.15) is 5.10 Å². The first-order valence-corrected chi connectivity index (χ1v) is 6.82. The summed E-state index contributed by atoms with van der Waals surface area (Å²) in [5.41, 5.74) is 6.43. The Kier molecular flexibility index (Phi) is 3.57. The molecule has 3 N–H and O–H groups in total. The molecule has 0 amide bonds. The van der Waals surface area contributed by atoms with Crippen LogP contribution in [0, 0.1) is 0 Å². The number of nitrogens with zero attached hydrogens (tertiary/aromatic N) is 3. The number of nitrogens with two attached hydrogens (primary N) is 1. The maximum absolute atomic E-state index is 5.79. The molecule has 0 radical (unpaired) electrons. The first-order valence-electron chi connectivity index (χ1n) is 6.82. The van der Waals surface area contributed by atoms with Crippen LogP contribution in [0.5, 0.6) is 0 Å². The second kappa shape index (κ2) is 5.50.